The largest absolute Gasteiger partial charge is 0.431 e. The van der Waals surface area contributed by atoms with E-state index < -0.39 is 0 Å². The standard InChI is InChI=1S/C15H10BrClN2O2S/c16-10-6-5-9(7-11(10)17)18-14(20)8-22-15-19-12-3-1-2-4-13(12)21-15/h1-7H,8H2,(H,18,20). The number of halogens is 2. The number of nitrogens with zero attached hydrogens (tertiary/aromatic N) is 1. The molecule has 0 saturated heterocycles. The molecule has 1 aromatic heterocycles. The summed E-state index contributed by atoms with van der Waals surface area (Å²) in [6, 6.07) is 12.7. The first-order valence-corrected chi connectivity index (χ1v) is 8.51. The number of amides is 1. The molecule has 1 heterocycles. The van der Waals surface area contributed by atoms with Crippen molar-refractivity contribution in [2.75, 3.05) is 11.1 Å². The molecule has 112 valence electrons. The smallest absolute Gasteiger partial charge is 0.257 e. The first-order chi connectivity index (χ1) is 10.6. The average Bonchev–Trinajstić information content (AvgIpc) is 2.92. The van der Waals surface area contributed by atoms with Crippen LogP contribution in [0, 0.1) is 0 Å². The lowest BCUT2D eigenvalue weighted by molar-refractivity contribution is -0.113. The van der Waals surface area contributed by atoms with Gasteiger partial charge in [0.1, 0.15) is 5.52 Å². The average molecular weight is 398 g/mol. The molecule has 3 rings (SSSR count). The van der Waals surface area contributed by atoms with Gasteiger partial charge in [-0.3, -0.25) is 4.79 Å². The van der Waals surface area contributed by atoms with Gasteiger partial charge in [-0.2, -0.15) is 0 Å². The number of hydrogen-bond donors (Lipinski definition) is 1. The van der Waals surface area contributed by atoms with E-state index in [9.17, 15) is 4.79 Å². The molecule has 1 N–H and O–H groups in total. The second kappa shape index (κ2) is 6.73. The molecule has 0 aliphatic heterocycles. The number of nitrogens with one attached hydrogen (secondary N) is 1. The van der Waals surface area contributed by atoms with Crippen LogP contribution in [0.15, 0.2) is 56.6 Å². The van der Waals surface area contributed by atoms with E-state index in [1.165, 1.54) is 11.8 Å². The highest BCUT2D eigenvalue weighted by atomic mass is 79.9. The maximum absolute atomic E-state index is 11.9. The predicted molar refractivity (Wildman–Crippen MR) is 92.5 cm³/mol. The Labute approximate surface area is 144 Å². The van der Waals surface area contributed by atoms with E-state index in [-0.39, 0.29) is 11.7 Å². The van der Waals surface area contributed by atoms with Gasteiger partial charge >= 0.3 is 0 Å². The molecule has 1 amide bonds. The summed E-state index contributed by atoms with van der Waals surface area (Å²) in [5.41, 5.74) is 2.14. The van der Waals surface area contributed by atoms with Crippen molar-refractivity contribution < 1.29 is 9.21 Å². The quantitative estimate of drug-likeness (QED) is 0.631. The van der Waals surface area contributed by atoms with Crippen LogP contribution in [0.3, 0.4) is 0 Å². The van der Waals surface area contributed by atoms with Gasteiger partial charge in [-0.1, -0.05) is 35.5 Å². The lowest BCUT2D eigenvalue weighted by Crippen LogP contribution is -2.13. The Bertz CT molecular complexity index is 804. The Morgan fingerprint density at radius 2 is 2.14 bits per heavy atom. The molecule has 0 atom stereocenters. The SMILES string of the molecule is O=C(CSc1nc2ccccc2o1)Nc1ccc(Br)c(Cl)c1. The minimum Gasteiger partial charge on any atom is -0.431 e. The first kappa shape index (κ1) is 15.4. The van der Waals surface area contributed by atoms with Crippen molar-refractivity contribution in [1.29, 1.82) is 0 Å². The highest BCUT2D eigenvalue weighted by Gasteiger charge is 2.09. The van der Waals surface area contributed by atoms with Crippen LogP contribution in [0.2, 0.25) is 5.02 Å². The number of hydrogen-bond acceptors (Lipinski definition) is 4. The second-order valence-electron chi connectivity index (χ2n) is 4.41. The van der Waals surface area contributed by atoms with E-state index in [0.717, 1.165) is 9.99 Å². The third-order valence-electron chi connectivity index (χ3n) is 2.80. The molecule has 0 bridgehead atoms. The number of aromatic nitrogens is 1. The lowest BCUT2D eigenvalue weighted by Gasteiger charge is -2.05. The molecular weight excluding hydrogens is 388 g/mol. The van der Waals surface area contributed by atoms with E-state index in [4.69, 9.17) is 16.0 Å². The van der Waals surface area contributed by atoms with Crippen molar-refractivity contribution in [3.8, 4) is 0 Å². The highest BCUT2D eigenvalue weighted by molar-refractivity contribution is 9.10. The van der Waals surface area contributed by atoms with Crippen molar-refractivity contribution in [3.05, 3.63) is 52.0 Å². The van der Waals surface area contributed by atoms with Crippen molar-refractivity contribution in [2.45, 2.75) is 5.22 Å². The molecule has 0 spiro atoms. The topological polar surface area (TPSA) is 55.1 Å². The summed E-state index contributed by atoms with van der Waals surface area (Å²) in [5, 5.41) is 3.80. The Hall–Kier alpha value is -1.50. The molecule has 0 radical (unpaired) electrons. The fourth-order valence-corrected chi connectivity index (χ4v) is 2.88. The van der Waals surface area contributed by atoms with Crippen molar-refractivity contribution >= 4 is 62.0 Å². The molecule has 0 saturated carbocycles. The van der Waals surface area contributed by atoms with E-state index in [1.54, 1.807) is 18.2 Å². The van der Waals surface area contributed by atoms with Crippen LogP contribution in [-0.4, -0.2) is 16.6 Å². The number of thioether (sulfide) groups is 1. The van der Waals surface area contributed by atoms with Gasteiger partial charge in [0.2, 0.25) is 5.91 Å². The number of carbonyl (C=O) groups is 1. The van der Waals surface area contributed by atoms with E-state index in [2.05, 4.69) is 26.2 Å². The van der Waals surface area contributed by atoms with Gasteiger partial charge in [-0.15, -0.1) is 0 Å². The van der Waals surface area contributed by atoms with Gasteiger partial charge in [-0.05, 0) is 46.3 Å². The number of oxazole rings is 1. The Balaban J connectivity index is 1.60. The molecule has 4 nitrogen and oxygen atoms in total. The Morgan fingerprint density at radius 3 is 2.91 bits per heavy atom. The summed E-state index contributed by atoms with van der Waals surface area (Å²) >= 11 is 10.5. The number of carbonyl (C=O) groups excluding carboxylic acids is 1. The Morgan fingerprint density at radius 1 is 1.32 bits per heavy atom. The summed E-state index contributed by atoms with van der Waals surface area (Å²) in [7, 11) is 0. The fraction of sp³-hybridized carbons (Fsp3) is 0.0667. The molecule has 0 aliphatic rings. The molecule has 0 aliphatic carbocycles. The van der Waals surface area contributed by atoms with Gasteiger partial charge in [0.05, 0.1) is 10.8 Å². The van der Waals surface area contributed by atoms with Gasteiger partial charge < -0.3 is 9.73 Å². The zero-order chi connectivity index (χ0) is 15.5. The van der Waals surface area contributed by atoms with Crippen LogP contribution in [0.25, 0.3) is 11.1 Å². The van der Waals surface area contributed by atoms with E-state index in [0.29, 0.717) is 21.5 Å². The molecule has 0 fully saturated rings. The van der Waals surface area contributed by atoms with Gasteiger partial charge in [-0.25, -0.2) is 4.98 Å². The van der Waals surface area contributed by atoms with E-state index >= 15 is 0 Å². The van der Waals surface area contributed by atoms with Crippen LogP contribution in [0.4, 0.5) is 5.69 Å². The van der Waals surface area contributed by atoms with Crippen molar-refractivity contribution in [3.63, 3.8) is 0 Å². The number of benzene rings is 2. The van der Waals surface area contributed by atoms with Gasteiger partial charge in [0.15, 0.2) is 5.58 Å². The molecule has 2 aromatic carbocycles. The van der Waals surface area contributed by atoms with E-state index in [1.807, 2.05) is 24.3 Å². The van der Waals surface area contributed by atoms with Crippen LogP contribution >= 0.6 is 39.3 Å². The summed E-state index contributed by atoms with van der Waals surface area (Å²) in [5.74, 6) is 0.0613. The molecular formula is C15H10BrClN2O2S. The predicted octanol–water partition coefficient (Wildman–Crippen LogP) is 4.97. The maximum Gasteiger partial charge on any atom is 0.257 e. The lowest BCUT2D eigenvalue weighted by atomic mass is 10.3. The van der Waals surface area contributed by atoms with Crippen molar-refractivity contribution in [2.24, 2.45) is 0 Å². The number of anilines is 1. The zero-order valence-electron chi connectivity index (χ0n) is 11.2. The normalized spacial score (nSPS) is 10.8. The molecule has 0 unspecified atom stereocenters. The minimum absolute atomic E-state index is 0.148. The number of para-hydroxylation sites is 2. The molecule has 22 heavy (non-hydrogen) atoms. The minimum atomic E-state index is -0.148. The summed E-state index contributed by atoms with van der Waals surface area (Å²) in [4.78, 5) is 16.2. The van der Waals surface area contributed by atoms with Crippen LogP contribution < -0.4 is 5.32 Å². The maximum atomic E-state index is 11.9. The fourth-order valence-electron chi connectivity index (χ4n) is 1.81. The third-order valence-corrected chi connectivity index (χ3v) is 4.86. The summed E-state index contributed by atoms with van der Waals surface area (Å²) in [6.45, 7) is 0. The molecule has 3 aromatic rings. The van der Waals surface area contributed by atoms with Crippen molar-refractivity contribution in [1.82, 2.24) is 4.98 Å². The number of fused-ring (bicyclic) bond motifs is 1. The van der Waals surface area contributed by atoms with Gasteiger partial charge in [0.25, 0.3) is 5.22 Å². The number of rotatable bonds is 4. The second-order valence-corrected chi connectivity index (χ2v) is 6.60. The zero-order valence-corrected chi connectivity index (χ0v) is 14.3. The Kier molecular flexibility index (Phi) is 4.71. The monoisotopic (exact) mass is 396 g/mol. The third kappa shape index (κ3) is 3.63. The molecule has 7 heteroatoms. The van der Waals surface area contributed by atoms with Gasteiger partial charge in [0, 0.05) is 10.2 Å². The summed E-state index contributed by atoms with van der Waals surface area (Å²) in [6.07, 6.45) is 0. The first-order valence-electron chi connectivity index (χ1n) is 6.35. The van der Waals surface area contributed by atoms with Crippen LogP contribution in [0.1, 0.15) is 0 Å². The van der Waals surface area contributed by atoms with Crippen LogP contribution in [-0.2, 0) is 4.79 Å². The summed E-state index contributed by atoms with van der Waals surface area (Å²) < 4.78 is 6.33. The van der Waals surface area contributed by atoms with Crippen LogP contribution in [0.5, 0.6) is 0 Å². The highest BCUT2D eigenvalue weighted by Crippen LogP contribution is 2.26.